The average molecular weight is 323 g/mol. The predicted molar refractivity (Wildman–Crippen MR) is 94.5 cm³/mol. The second-order valence-corrected chi connectivity index (χ2v) is 6.50. The maximum Gasteiger partial charge on any atom is 0.273 e. The summed E-state index contributed by atoms with van der Waals surface area (Å²) in [6, 6.07) is 8.24. The van der Waals surface area contributed by atoms with Crippen LogP contribution in [0, 0.1) is 5.92 Å². The molecule has 0 saturated heterocycles. The second kappa shape index (κ2) is 6.24. The number of amides is 1. The Hall–Kier alpha value is -2.40. The number of benzene rings is 1. The van der Waals surface area contributed by atoms with Gasteiger partial charge in [-0.05, 0) is 37.8 Å². The lowest BCUT2D eigenvalue weighted by atomic mass is 10.0. The molecule has 1 amide bonds. The van der Waals surface area contributed by atoms with Gasteiger partial charge < -0.3 is 9.67 Å². The van der Waals surface area contributed by atoms with Crippen molar-refractivity contribution < 1.29 is 9.90 Å². The lowest BCUT2D eigenvalue weighted by Gasteiger charge is -2.03. The van der Waals surface area contributed by atoms with E-state index in [4.69, 9.17) is 5.11 Å². The van der Waals surface area contributed by atoms with Crippen LogP contribution >= 0.6 is 0 Å². The van der Waals surface area contributed by atoms with Gasteiger partial charge in [-0.1, -0.05) is 18.2 Å². The summed E-state index contributed by atoms with van der Waals surface area (Å²) in [4.78, 5) is 12.1. The normalized spacial score (nSPS) is 19.1. The molecule has 124 valence electrons. The van der Waals surface area contributed by atoms with E-state index in [1.54, 1.807) is 0 Å². The molecular weight excluding hydrogens is 302 g/mol. The van der Waals surface area contributed by atoms with Crippen molar-refractivity contribution in [3.63, 3.8) is 0 Å². The number of unbranched alkanes of at least 4 members (excludes halogenated alkanes) is 1. The maximum atomic E-state index is 12.1. The highest BCUT2D eigenvalue weighted by molar-refractivity contribution is 6.29. The molecule has 0 atom stereocenters. The fourth-order valence-corrected chi connectivity index (χ4v) is 3.28. The lowest BCUT2D eigenvalue weighted by molar-refractivity contribution is -0.116. The van der Waals surface area contributed by atoms with Crippen LogP contribution in [0.1, 0.15) is 31.2 Å². The van der Waals surface area contributed by atoms with Crippen LogP contribution < -0.4 is 5.43 Å². The quantitative estimate of drug-likeness (QED) is 0.634. The molecule has 1 aromatic heterocycles. The van der Waals surface area contributed by atoms with Gasteiger partial charge in [0, 0.05) is 41.7 Å². The molecular formula is C19H21N3O2. The molecule has 1 aliphatic carbocycles. The van der Waals surface area contributed by atoms with Crippen LogP contribution in [-0.4, -0.2) is 27.9 Å². The lowest BCUT2D eigenvalue weighted by Crippen LogP contribution is -2.13. The van der Waals surface area contributed by atoms with Crippen molar-refractivity contribution in [2.75, 3.05) is 6.61 Å². The topological polar surface area (TPSA) is 66.6 Å². The third-order valence-electron chi connectivity index (χ3n) is 4.69. The molecule has 5 nitrogen and oxygen atoms in total. The maximum absolute atomic E-state index is 12.1. The SMILES string of the molecule is O=C1NN=C(C2CC2)C1=Cc1cn(CCCCO)c2ccccc12. The first-order valence-corrected chi connectivity index (χ1v) is 8.56. The Balaban J connectivity index is 1.72. The van der Waals surface area contributed by atoms with E-state index in [1.165, 1.54) is 0 Å². The van der Waals surface area contributed by atoms with Crippen molar-refractivity contribution in [1.29, 1.82) is 0 Å². The molecule has 2 N–H and O–H groups in total. The minimum absolute atomic E-state index is 0.103. The summed E-state index contributed by atoms with van der Waals surface area (Å²) in [5.74, 6) is 0.335. The van der Waals surface area contributed by atoms with Gasteiger partial charge in [0.1, 0.15) is 0 Å². The highest BCUT2D eigenvalue weighted by Gasteiger charge is 2.35. The number of hydrazone groups is 1. The Kier molecular flexibility index (Phi) is 3.94. The van der Waals surface area contributed by atoms with Crippen LogP contribution in [0.5, 0.6) is 0 Å². The highest BCUT2D eigenvalue weighted by Crippen LogP contribution is 2.36. The molecule has 24 heavy (non-hydrogen) atoms. The summed E-state index contributed by atoms with van der Waals surface area (Å²) in [6.07, 6.45) is 8.04. The number of aliphatic hydroxyl groups excluding tert-OH is 1. The predicted octanol–water partition coefficient (Wildman–Crippen LogP) is 2.69. The smallest absolute Gasteiger partial charge is 0.273 e. The van der Waals surface area contributed by atoms with Gasteiger partial charge in [-0.15, -0.1) is 0 Å². The van der Waals surface area contributed by atoms with E-state index >= 15 is 0 Å². The number of aryl methyl sites for hydroxylation is 1. The zero-order chi connectivity index (χ0) is 16.5. The summed E-state index contributed by atoms with van der Waals surface area (Å²) in [5, 5.41) is 14.4. The van der Waals surface area contributed by atoms with Crippen LogP contribution in [0.3, 0.4) is 0 Å². The number of nitrogens with zero attached hydrogens (tertiary/aromatic N) is 2. The van der Waals surface area contributed by atoms with Crippen molar-refractivity contribution >= 4 is 28.6 Å². The second-order valence-electron chi connectivity index (χ2n) is 6.50. The van der Waals surface area contributed by atoms with Crippen LogP contribution in [0.4, 0.5) is 0 Å². The number of nitrogens with one attached hydrogen (secondary N) is 1. The largest absolute Gasteiger partial charge is 0.396 e. The number of fused-ring (bicyclic) bond motifs is 1. The van der Waals surface area contributed by atoms with Crippen LogP contribution in [0.25, 0.3) is 17.0 Å². The number of para-hydroxylation sites is 1. The molecule has 5 heteroatoms. The van der Waals surface area contributed by atoms with E-state index < -0.39 is 0 Å². The van der Waals surface area contributed by atoms with E-state index in [2.05, 4.69) is 33.4 Å². The van der Waals surface area contributed by atoms with Crippen LogP contribution in [-0.2, 0) is 11.3 Å². The number of hydrogen-bond acceptors (Lipinski definition) is 3. The van der Waals surface area contributed by atoms with E-state index in [-0.39, 0.29) is 12.5 Å². The molecule has 2 aromatic rings. The van der Waals surface area contributed by atoms with Gasteiger partial charge >= 0.3 is 0 Å². The van der Waals surface area contributed by atoms with Crippen molar-refractivity contribution in [3.05, 3.63) is 41.6 Å². The van der Waals surface area contributed by atoms with Gasteiger partial charge in [-0.3, -0.25) is 4.79 Å². The van der Waals surface area contributed by atoms with Crippen LogP contribution in [0.2, 0.25) is 0 Å². The third kappa shape index (κ3) is 2.76. The molecule has 0 spiro atoms. The number of hydrogen-bond donors (Lipinski definition) is 2. The number of aromatic nitrogens is 1. The summed E-state index contributed by atoms with van der Waals surface area (Å²) in [5.41, 5.74) is 6.43. The van der Waals surface area contributed by atoms with Gasteiger partial charge in [0.2, 0.25) is 0 Å². The fraction of sp³-hybridized carbons (Fsp3) is 0.368. The first kappa shape index (κ1) is 15.1. The molecule has 2 heterocycles. The van der Waals surface area contributed by atoms with Crippen molar-refractivity contribution in [2.24, 2.45) is 11.0 Å². The molecule has 0 bridgehead atoms. The standard InChI is InChI=1S/C19H21N3O2/c23-10-4-3-9-22-12-14(15-5-1-2-6-17(15)22)11-16-18(13-7-8-13)20-21-19(16)24/h1-2,5-6,11-13,23H,3-4,7-10H2,(H,21,24). The Morgan fingerprint density at radius 2 is 2.12 bits per heavy atom. The molecule has 1 aliphatic heterocycles. The van der Waals surface area contributed by atoms with Crippen LogP contribution in [0.15, 0.2) is 41.1 Å². The number of rotatable bonds is 6. The summed E-state index contributed by atoms with van der Waals surface area (Å²) in [6.45, 7) is 1.08. The molecule has 0 radical (unpaired) electrons. The molecule has 0 unspecified atom stereocenters. The number of carbonyl (C=O) groups is 1. The van der Waals surface area contributed by atoms with E-state index in [9.17, 15) is 4.79 Å². The zero-order valence-electron chi connectivity index (χ0n) is 13.5. The Labute approximate surface area is 140 Å². The first-order valence-electron chi connectivity index (χ1n) is 8.56. The molecule has 1 aromatic carbocycles. The minimum Gasteiger partial charge on any atom is -0.396 e. The van der Waals surface area contributed by atoms with E-state index in [0.717, 1.165) is 54.4 Å². The molecule has 1 fully saturated rings. The average Bonchev–Trinajstić information content (AvgIpc) is 3.30. The highest BCUT2D eigenvalue weighted by atomic mass is 16.2. The third-order valence-corrected chi connectivity index (χ3v) is 4.69. The van der Waals surface area contributed by atoms with Crippen molar-refractivity contribution in [1.82, 2.24) is 9.99 Å². The molecule has 2 aliphatic rings. The van der Waals surface area contributed by atoms with Crippen molar-refractivity contribution in [2.45, 2.75) is 32.2 Å². The van der Waals surface area contributed by atoms with Gasteiger partial charge in [0.25, 0.3) is 5.91 Å². The number of carbonyl (C=O) groups excluding carboxylic acids is 1. The Bertz CT molecular complexity index is 843. The fourth-order valence-electron chi connectivity index (χ4n) is 3.28. The van der Waals surface area contributed by atoms with E-state index in [1.807, 2.05) is 18.2 Å². The molecule has 4 rings (SSSR count). The monoisotopic (exact) mass is 323 g/mol. The minimum atomic E-state index is -0.103. The first-order chi connectivity index (χ1) is 11.8. The zero-order valence-corrected chi connectivity index (χ0v) is 13.5. The van der Waals surface area contributed by atoms with E-state index in [0.29, 0.717) is 11.5 Å². The number of aliphatic hydroxyl groups is 1. The summed E-state index contributed by atoms with van der Waals surface area (Å²) < 4.78 is 2.21. The molecule has 1 saturated carbocycles. The van der Waals surface area contributed by atoms with Gasteiger partial charge in [0.05, 0.1) is 11.3 Å². The Morgan fingerprint density at radius 3 is 2.92 bits per heavy atom. The van der Waals surface area contributed by atoms with Crippen molar-refractivity contribution in [3.8, 4) is 0 Å². The van der Waals surface area contributed by atoms with Gasteiger partial charge in [-0.2, -0.15) is 5.10 Å². The Morgan fingerprint density at radius 1 is 1.29 bits per heavy atom. The van der Waals surface area contributed by atoms with Gasteiger partial charge in [-0.25, -0.2) is 5.43 Å². The summed E-state index contributed by atoms with van der Waals surface area (Å²) >= 11 is 0. The summed E-state index contributed by atoms with van der Waals surface area (Å²) in [7, 11) is 0. The van der Waals surface area contributed by atoms with Gasteiger partial charge in [0.15, 0.2) is 0 Å².